The van der Waals surface area contributed by atoms with E-state index in [2.05, 4.69) is 25.7 Å². The zero-order valence-corrected chi connectivity index (χ0v) is 15.9. The Balaban J connectivity index is 2.06. The zero-order chi connectivity index (χ0) is 22.3. The number of nitrogens with zero attached hydrogens (tertiary/aromatic N) is 2. The first-order valence-corrected chi connectivity index (χ1v) is 8.47. The molecule has 0 atom stereocenters. The average molecular weight is 426 g/mol. The van der Waals surface area contributed by atoms with Crippen LogP contribution in [0.25, 0.3) is 0 Å². The van der Waals surface area contributed by atoms with Crippen LogP contribution in [0.4, 0.5) is 28.9 Å². The fourth-order valence-corrected chi connectivity index (χ4v) is 2.25. The molecule has 0 saturated heterocycles. The number of hydrazone groups is 1. The second-order valence-electron chi connectivity index (χ2n) is 6.08. The standard InChI is InChI=1S/C19H18F4N4O3/c1-11(25-26-13-6-8-15(9-7-13)30-18(20)21)16(27-29)17(28)24-14-5-3-4-12(10-14)19(2,22)23/h3-10,18,26,29H,1-2H3,(H,24,28)/b25-11+,27-16-. The van der Waals surface area contributed by atoms with Crippen LogP contribution in [-0.2, 0) is 10.7 Å². The molecule has 1 amide bonds. The van der Waals surface area contributed by atoms with E-state index in [-0.39, 0.29) is 22.7 Å². The highest BCUT2D eigenvalue weighted by Crippen LogP contribution is 2.28. The van der Waals surface area contributed by atoms with Crippen molar-refractivity contribution in [2.45, 2.75) is 26.4 Å². The minimum Gasteiger partial charge on any atom is -0.435 e. The average Bonchev–Trinajstić information content (AvgIpc) is 2.67. The number of carbonyl (C=O) groups is 1. The molecule has 0 fully saturated rings. The number of hydrogen-bond donors (Lipinski definition) is 3. The van der Waals surface area contributed by atoms with Crippen LogP contribution in [-0.4, -0.2) is 29.1 Å². The third kappa shape index (κ3) is 6.47. The quantitative estimate of drug-likeness (QED) is 0.248. The van der Waals surface area contributed by atoms with Crippen LogP contribution >= 0.6 is 0 Å². The summed E-state index contributed by atoms with van der Waals surface area (Å²) < 4.78 is 55.4. The van der Waals surface area contributed by atoms with E-state index in [1.54, 1.807) is 0 Å². The molecular weight excluding hydrogens is 408 g/mol. The number of halogens is 4. The fraction of sp³-hybridized carbons (Fsp3) is 0.211. The molecular formula is C19H18F4N4O3. The summed E-state index contributed by atoms with van der Waals surface area (Å²) in [4.78, 5) is 12.3. The predicted molar refractivity (Wildman–Crippen MR) is 104 cm³/mol. The first-order chi connectivity index (χ1) is 14.1. The minimum atomic E-state index is -3.09. The highest BCUT2D eigenvalue weighted by molar-refractivity contribution is 6.68. The zero-order valence-electron chi connectivity index (χ0n) is 15.9. The van der Waals surface area contributed by atoms with Crippen molar-refractivity contribution in [1.29, 1.82) is 0 Å². The highest BCUT2D eigenvalue weighted by Gasteiger charge is 2.25. The van der Waals surface area contributed by atoms with Crippen molar-refractivity contribution in [3.63, 3.8) is 0 Å². The summed E-state index contributed by atoms with van der Waals surface area (Å²) >= 11 is 0. The second kappa shape index (κ2) is 9.72. The van der Waals surface area contributed by atoms with Gasteiger partial charge in [0.25, 0.3) is 11.8 Å². The molecule has 0 aliphatic rings. The molecule has 0 heterocycles. The fourth-order valence-electron chi connectivity index (χ4n) is 2.25. The van der Waals surface area contributed by atoms with E-state index in [4.69, 9.17) is 5.21 Å². The van der Waals surface area contributed by atoms with Crippen molar-refractivity contribution in [3.05, 3.63) is 54.1 Å². The summed E-state index contributed by atoms with van der Waals surface area (Å²) in [6, 6.07) is 10.4. The Morgan fingerprint density at radius 3 is 2.37 bits per heavy atom. The monoisotopic (exact) mass is 426 g/mol. The number of oxime groups is 1. The van der Waals surface area contributed by atoms with Gasteiger partial charge in [-0.2, -0.15) is 13.9 Å². The SMILES string of the molecule is CC(=N\Nc1ccc(OC(F)F)cc1)/C(=N/O)C(=O)Nc1cccc(C(C)(F)F)c1. The van der Waals surface area contributed by atoms with Crippen molar-refractivity contribution in [2.75, 3.05) is 10.7 Å². The number of hydrogen-bond acceptors (Lipinski definition) is 6. The van der Waals surface area contributed by atoms with Crippen LogP contribution < -0.4 is 15.5 Å². The Morgan fingerprint density at radius 2 is 1.80 bits per heavy atom. The van der Waals surface area contributed by atoms with Gasteiger partial charge in [-0.1, -0.05) is 17.3 Å². The first kappa shape index (κ1) is 22.7. The van der Waals surface area contributed by atoms with Gasteiger partial charge in [-0.15, -0.1) is 0 Å². The Bertz CT molecular complexity index is 942. The molecule has 3 N–H and O–H groups in total. The van der Waals surface area contributed by atoms with E-state index in [0.717, 1.165) is 13.0 Å². The molecule has 0 saturated carbocycles. The molecule has 11 heteroatoms. The number of alkyl halides is 4. The van der Waals surface area contributed by atoms with Crippen LogP contribution in [0.15, 0.2) is 58.8 Å². The Hall–Kier alpha value is -3.63. The number of amides is 1. The van der Waals surface area contributed by atoms with Crippen LogP contribution in [0.2, 0.25) is 0 Å². The van der Waals surface area contributed by atoms with Crippen molar-refractivity contribution < 1.29 is 32.3 Å². The van der Waals surface area contributed by atoms with E-state index in [1.807, 2.05) is 0 Å². The molecule has 2 aromatic rings. The summed E-state index contributed by atoms with van der Waals surface area (Å²) in [7, 11) is 0. The van der Waals surface area contributed by atoms with Crippen LogP contribution in [0, 0.1) is 0 Å². The number of ether oxygens (including phenoxy) is 1. The van der Waals surface area contributed by atoms with E-state index >= 15 is 0 Å². The maximum Gasteiger partial charge on any atom is 0.387 e. The minimum absolute atomic E-state index is 0.0279. The van der Waals surface area contributed by atoms with Gasteiger partial charge in [-0.3, -0.25) is 10.2 Å². The topological polar surface area (TPSA) is 95.3 Å². The third-order valence-electron chi connectivity index (χ3n) is 3.72. The van der Waals surface area contributed by atoms with Crippen molar-refractivity contribution in [2.24, 2.45) is 10.3 Å². The molecule has 30 heavy (non-hydrogen) atoms. The molecule has 160 valence electrons. The van der Waals surface area contributed by atoms with Gasteiger partial charge in [0.2, 0.25) is 0 Å². The predicted octanol–water partition coefficient (Wildman–Crippen LogP) is 4.66. The van der Waals surface area contributed by atoms with Crippen molar-refractivity contribution in [3.8, 4) is 5.75 Å². The molecule has 0 unspecified atom stereocenters. The van der Waals surface area contributed by atoms with Gasteiger partial charge in [-0.25, -0.2) is 8.78 Å². The highest BCUT2D eigenvalue weighted by atomic mass is 19.3. The second-order valence-corrected chi connectivity index (χ2v) is 6.08. The molecule has 0 aliphatic carbocycles. The van der Waals surface area contributed by atoms with Gasteiger partial charge in [0.1, 0.15) is 5.75 Å². The lowest BCUT2D eigenvalue weighted by Gasteiger charge is -2.13. The van der Waals surface area contributed by atoms with Gasteiger partial charge >= 0.3 is 6.61 Å². The van der Waals surface area contributed by atoms with E-state index in [0.29, 0.717) is 5.69 Å². The number of nitrogens with one attached hydrogen (secondary N) is 2. The summed E-state index contributed by atoms with van der Waals surface area (Å²) in [5.74, 6) is -4.02. The molecule has 0 aromatic heterocycles. The number of rotatable bonds is 8. The molecule has 0 spiro atoms. The molecule has 2 aromatic carbocycles. The van der Waals surface area contributed by atoms with Gasteiger partial charge in [0.05, 0.1) is 11.4 Å². The van der Waals surface area contributed by atoms with Gasteiger partial charge in [0.15, 0.2) is 5.71 Å². The lowest BCUT2D eigenvalue weighted by atomic mass is 10.1. The number of anilines is 2. The van der Waals surface area contributed by atoms with E-state index in [1.165, 1.54) is 49.4 Å². The van der Waals surface area contributed by atoms with E-state index in [9.17, 15) is 22.4 Å². The normalized spacial score (nSPS) is 12.6. The van der Waals surface area contributed by atoms with Crippen LogP contribution in [0.5, 0.6) is 5.75 Å². The summed E-state index contributed by atoms with van der Waals surface area (Å²) in [5, 5.41) is 18.3. The number of carbonyl (C=O) groups excluding carboxylic acids is 1. The summed E-state index contributed by atoms with van der Waals surface area (Å²) in [6.45, 7) is -0.856. The van der Waals surface area contributed by atoms with Gasteiger partial charge in [0, 0.05) is 18.2 Å². The molecule has 0 bridgehead atoms. The van der Waals surface area contributed by atoms with Gasteiger partial charge < -0.3 is 15.3 Å². The Morgan fingerprint density at radius 1 is 1.13 bits per heavy atom. The van der Waals surface area contributed by atoms with Crippen LogP contribution in [0.3, 0.4) is 0 Å². The Kier molecular flexibility index (Phi) is 7.34. The smallest absolute Gasteiger partial charge is 0.387 e. The molecule has 0 aliphatic heterocycles. The van der Waals surface area contributed by atoms with Crippen molar-refractivity contribution in [1.82, 2.24) is 0 Å². The first-order valence-electron chi connectivity index (χ1n) is 8.47. The maximum atomic E-state index is 13.4. The largest absolute Gasteiger partial charge is 0.435 e. The lowest BCUT2D eigenvalue weighted by molar-refractivity contribution is -0.110. The summed E-state index contributed by atoms with van der Waals surface area (Å²) in [5.41, 5.74) is 2.23. The molecule has 0 radical (unpaired) electrons. The third-order valence-corrected chi connectivity index (χ3v) is 3.72. The van der Waals surface area contributed by atoms with Crippen molar-refractivity contribution >= 4 is 28.7 Å². The Labute approximate surface area is 169 Å². The lowest BCUT2D eigenvalue weighted by Crippen LogP contribution is -2.29. The molecule has 2 rings (SSSR count). The van der Waals surface area contributed by atoms with Crippen LogP contribution in [0.1, 0.15) is 19.4 Å². The molecule has 7 nitrogen and oxygen atoms in total. The summed E-state index contributed by atoms with van der Waals surface area (Å²) in [6.07, 6.45) is 0. The van der Waals surface area contributed by atoms with Gasteiger partial charge in [-0.05, 0) is 43.3 Å². The number of benzene rings is 2. The maximum absolute atomic E-state index is 13.4. The van der Waals surface area contributed by atoms with E-state index < -0.39 is 24.2 Å².